The van der Waals surface area contributed by atoms with Crippen LogP contribution in [0.4, 0.5) is 5.69 Å². The summed E-state index contributed by atoms with van der Waals surface area (Å²) in [7, 11) is 3.11. The Morgan fingerprint density at radius 3 is 2.30 bits per heavy atom. The molecule has 53 heavy (non-hydrogen) atoms. The highest BCUT2D eigenvalue weighted by atomic mass is 35.5. The minimum Gasteiger partial charge on any atom is -0.496 e. The summed E-state index contributed by atoms with van der Waals surface area (Å²) in [6.07, 6.45) is 1.01. The van der Waals surface area contributed by atoms with E-state index >= 15 is 0 Å². The van der Waals surface area contributed by atoms with Crippen molar-refractivity contribution < 1.29 is 54.5 Å². The lowest BCUT2D eigenvalue weighted by atomic mass is 10.00. The van der Waals surface area contributed by atoms with Crippen LogP contribution in [0.1, 0.15) is 81.0 Å². The molecular formula is C36H62ClN5O11. The Labute approximate surface area is 317 Å². The molecule has 4 unspecified atom stereocenters. The zero-order valence-corrected chi connectivity index (χ0v) is 31.9. The summed E-state index contributed by atoms with van der Waals surface area (Å²) in [5, 5.41) is 64.0. The number of anilines is 1. The van der Waals surface area contributed by atoms with E-state index in [9.17, 15) is 39.9 Å². The van der Waals surface area contributed by atoms with Gasteiger partial charge in [0.2, 0.25) is 11.8 Å². The number of carbonyl (C=O) groups is 3. The lowest BCUT2D eigenvalue weighted by molar-refractivity contribution is -0.140. The molecule has 0 aliphatic carbocycles. The molecule has 304 valence electrons. The maximum atomic E-state index is 13.0. The van der Waals surface area contributed by atoms with E-state index in [1.54, 1.807) is 7.11 Å². The molecule has 0 saturated carbocycles. The number of nitrogens with one attached hydrogen (secondary N) is 2. The van der Waals surface area contributed by atoms with Crippen molar-refractivity contribution in [3.63, 3.8) is 0 Å². The van der Waals surface area contributed by atoms with E-state index in [4.69, 9.17) is 31.9 Å². The monoisotopic (exact) mass is 775 g/mol. The van der Waals surface area contributed by atoms with Gasteiger partial charge in [-0.2, -0.15) is 0 Å². The van der Waals surface area contributed by atoms with Gasteiger partial charge in [-0.1, -0.05) is 37.3 Å². The lowest BCUT2D eigenvalue weighted by Gasteiger charge is -2.38. The predicted molar refractivity (Wildman–Crippen MR) is 199 cm³/mol. The van der Waals surface area contributed by atoms with E-state index in [0.717, 1.165) is 64.5 Å². The van der Waals surface area contributed by atoms with Gasteiger partial charge in [0.1, 0.15) is 30.2 Å². The quantitative estimate of drug-likeness (QED) is 0.0446. The van der Waals surface area contributed by atoms with Crippen LogP contribution in [0.3, 0.4) is 0 Å². The molecule has 6 atom stereocenters. The van der Waals surface area contributed by atoms with Crippen LogP contribution < -0.4 is 21.1 Å². The topological polar surface area (TPSA) is 248 Å². The normalized spacial score (nSPS) is 18.5. The summed E-state index contributed by atoms with van der Waals surface area (Å²) in [5.41, 5.74) is 6.49. The summed E-state index contributed by atoms with van der Waals surface area (Å²) in [5.74, 6) is -0.237. The van der Waals surface area contributed by atoms with Crippen molar-refractivity contribution in [3.8, 4) is 5.75 Å². The third-order valence-corrected chi connectivity index (χ3v) is 9.88. The molecule has 0 aromatic heterocycles. The molecule has 1 aromatic carbocycles. The summed E-state index contributed by atoms with van der Waals surface area (Å²) in [6.45, 7) is 1.40. The number of aliphatic hydroxyl groups is 6. The number of hydrogen-bond acceptors (Lipinski definition) is 13. The van der Waals surface area contributed by atoms with Crippen LogP contribution in [0.2, 0.25) is 5.02 Å². The number of halogens is 1. The smallest absolute Gasteiger partial charge is 0.255 e. The van der Waals surface area contributed by atoms with Crippen LogP contribution in [-0.4, -0.2) is 161 Å². The highest BCUT2D eigenvalue weighted by molar-refractivity contribution is 6.33. The number of nitrogens with zero attached hydrogens (tertiary/aromatic N) is 2. The zero-order valence-electron chi connectivity index (χ0n) is 31.1. The van der Waals surface area contributed by atoms with Crippen LogP contribution in [0.25, 0.3) is 0 Å². The number of nitrogen functional groups attached to an aromatic ring is 1. The number of likely N-dealkylation sites (tertiary alicyclic amines) is 1. The highest BCUT2D eigenvalue weighted by Crippen LogP contribution is 2.29. The average Bonchev–Trinajstić information content (AvgIpc) is 3.15. The van der Waals surface area contributed by atoms with Gasteiger partial charge in [-0.25, -0.2) is 0 Å². The van der Waals surface area contributed by atoms with Gasteiger partial charge in [0.05, 0.1) is 48.7 Å². The van der Waals surface area contributed by atoms with Gasteiger partial charge in [-0.3, -0.25) is 14.4 Å². The molecule has 17 heteroatoms. The first-order valence-corrected chi connectivity index (χ1v) is 18.9. The van der Waals surface area contributed by atoms with Crippen molar-refractivity contribution in [2.24, 2.45) is 0 Å². The Kier molecular flexibility index (Phi) is 22.1. The molecule has 0 bridgehead atoms. The van der Waals surface area contributed by atoms with Crippen molar-refractivity contribution in [1.82, 2.24) is 20.4 Å². The van der Waals surface area contributed by atoms with E-state index in [-0.39, 0.29) is 61.0 Å². The largest absolute Gasteiger partial charge is 0.496 e. The molecule has 0 spiro atoms. The van der Waals surface area contributed by atoms with Gasteiger partial charge < -0.3 is 66.3 Å². The van der Waals surface area contributed by atoms with E-state index in [1.165, 1.54) is 24.1 Å². The first kappa shape index (κ1) is 46.4. The first-order chi connectivity index (χ1) is 25.4. The third-order valence-electron chi connectivity index (χ3n) is 9.55. The van der Waals surface area contributed by atoms with Gasteiger partial charge in [0.25, 0.3) is 5.91 Å². The minimum atomic E-state index is -1.79. The van der Waals surface area contributed by atoms with Gasteiger partial charge in [0.15, 0.2) is 0 Å². The number of amides is 3. The molecule has 2 rings (SSSR count). The Bertz CT molecular complexity index is 1250. The fourth-order valence-corrected chi connectivity index (χ4v) is 6.45. The van der Waals surface area contributed by atoms with E-state index in [2.05, 4.69) is 15.5 Å². The highest BCUT2D eigenvalue weighted by Gasteiger charge is 2.33. The predicted octanol–water partition coefficient (Wildman–Crippen LogP) is 0.0239. The molecule has 10 N–H and O–H groups in total. The van der Waals surface area contributed by atoms with Crippen LogP contribution in [-0.2, 0) is 14.3 Å². The number of benzene rings is 1. The molecule has 1 fully saturated rings. The van der Waals surface area contributed by atoms with Crippen LogP contribution in [0, 0.1) is 0 Å². The van der Waals surface area contributed by atoms with E-state index < -0.39 is 31.0 Å². The SMILES string of the molecule is COc1cc(N)c(Cl)cc1C(=O)N[C@@H]1CCN(CCCCCC(=O)NCCCCCCCC(=O)N(CCO)CC(O)C(O)C(O)C(O)CO)C[C@@H]1OC. The van der Waals surface area contributed by atoms with Crippen LogP contribution in [0.5, 0.6) is 5.75 Å². The molecule has 16 nitrogen and oxygen atoms in total. The van der Waals surface area contributed by atoms with Gasteiger partial charge in [-0.15, -0.1) is 0 Å². The third kappa shape index (κ3) is 16.2. The fraction of sp³-hybridized carbons (Fsp3) is 0.750. The van der Waals surface area contributed by atoms with Gasteiger partial charge >= 0.3 is 0 Å². The number of unbranched alkanes of at least 4 members (excludes halogenated alkanes) is 6. The molecule has 1 aromatic rings. The average molecular weight is 776 g/mol. The number of hydrogen-bond donors (Lipinski definition) is 9. The Morgan fingerprint density at radius 1 is 0.962 bits per heavy atom. The van der Waals surface area contributed by atoms with E-state index in [0.29, 0.717) is 42.9 Å². The number of ether oxygens (including phenoxy) is 2. The zero-order chi connectivity index (χ0) is 39.3. The van der Waals surface area contributed by atoms with Crippen molar-refractivity contribution in [3.05, 3.63) is 22.7 Å². The summed E-state index contributed by atoms with van der Waals surface area (Å²) in [4.78, 5) is 41.4. The number of carbonyl (C=O) groups excluding carboxylic acids is 3. The molecule has 3 amide bonds. The number of aliphatic hydroxyl groups excluding tert-OH is 6. The second-order valence-corrected chi connectivity index (χ2v) is 14.0. The molecule has 1 aliphatic rings. The number of rotatable bonds is 26. The van der Waals surface area contributed by atoms with Crippen molar-refractivity contribution in [1.29, 1.82) is 0 Å². The number of nitrogens with two attached hydrogens (primary N) is 1. The first-order valence-electron chi connectivity index (χ1n) is 18.5. The summed E-state index contributed by atoms with van der Waals surface area (Å²) in [6, 6.07) is 2.87. The van der Waals surface area contributed by atoms with Gasteiger partial charge in [-0.05, 0) is 44.7 Å². The fourth-order valence-electron chi connectivity index (χ4n) is 6.29. The molecule has 1 saturated heterocycles. The Balaban J connectivity index is 1.55. The molecule has 1 aliphatic heterocycles. The molecule has 1 heterocycles. The van der Waals surface area contributed by atoms with Gasteiger partial charge in [0, 0.05) is 58.7 Å². The van der Waals surface area contributed by atoms with Crippen LogP contribution >= 0.6 is 11.6 Å². The second kappa shape index (κ2) is 25.3. The maximum absolute atomic E-state index is 13.0. The summed E-state index contributed by atoms with van der Waals surface area (Å²) < 4.78 is 11.0. The number of methoxy groups -OCH3 is 2. The maximum Gasteiger partial charge on any atom is 0.255 e. The van der Waals surface area contributed by atoms with Crippen molar-refractivity contribution in [2.75, 3.05) is 72.4 Å². The van der Waals surface area contributed by atoms with Crippen LogP contribution in [0.15, 0.2) is 12.1 Å². The van der Waals surface area contributed by atoms with Crippen molar-refractivity contribution >= 4 is 35.0 Å². The minimum absolute atomic E-state index is 0.0280. The Hall–Kier alpha value is -2.80. The second-order valence-electron chi connectivity index (χ2n) is 13.6. The Morgan fingerprint density at radius 2 is 1.62 bits per heavy atom. The summed E-state index contributed by atoms with van der Waals surface area (Å²) >= 11 is 6.14. The molecule has 0 radical (unpaired) electrons. The molecular weight excluding hydrogens is 714 g/mol. The van der Waals surface area contributed by atoms with E-state index in [1.807, 2.05) is 0 Å². The lowest BCUT2D eigenvalue weighted by Crippen LogP contribution is -2.54. The number of piperidine rings is 1. The standard InChI is InChI=1S/C36H62ClN5O11/c1-52-30-20-26(38)25(37)19-24(30)36(51)40-27-13-16-41(22-31(27)53-2)15-10-6-7-11-32(47)39-14-9-5-3-4-8-12-33(48)42(17-18-43)21-28(45)34(49)35(50)29(46)23-44/h19-20,27-29,31,34-35,43-46,49-50H,3-18,21-23,38H2,1-2H3,(H,39,47)(H,40,51)/t27-,28?,29?,31+,34?,35?/m1/s1. The van der Waals surface area contributed by atoms with Crippen molar-refractivity contribution in [2.45, 2.75) is 107 Å².